The Bertz CT molecular complexity index is 219. The van der Waals surface area contributed by atoms with Crippen LogP contribution in [-0.2, 0) is 9.53 Å². The lowest BCUT2D eigenvalue weighted by Crippen LogP contribution is -2.19. The third kappa shape index (κ3) is 12.5. The maximum absolute atomic E-state index is 11.7. The first-order valence-corrected chi connectivity index (χ1v) is 8.64. The number of esters is 1. The lowest BCUT2D eigenvalue weighted by molar-refractivity contribution is -0.149. The van der Waals surface area contributed by atoms with Crippen molar-refractivity contribution >= 4 is 5.97 Å². The Morgan fingerprint density at radius 2 is 1.50 bits per heavy atom. The van der Waals surface area contributed by atoms with Gasteiger partial charge in [0.1, 0.15) is 6.10 Å². The molecule has 3 heteroatoms. The molecule has 0 aliphatic rings. The Morgan fingerprint density at radius 1 is 0.900 bits per heavy atom. The van der Waals surface area contributed by atoms with Crippen LogP contribution < -0.4 is 5.73 Å². The van der Waals surface area contributed by atoms with Gasteiger partial charge in [0.05, 0.1) is 0 Å². The molecule has 20 heavy (non-hydrogen) atoms. The molecule has 120 valence electrons. The lowest BCUT2D eigenvalue weighted by Gasteiger charge is -2.17. The minimum absolute atomic E-state index is 0.0671. The van der Waals surface area contributed by atoms with Gasteiger partial charge in [-0.25, -0.2) is 0 Å². The van der Waals surface area contributed by atoms with Crippen LogP contribution in [0.2, 0.25) is 0 Å². The number of carbonyl (C=O) groups is 1. The third-order valence-electron chi connectivity index (χ3n) is 3.64. The molecule has 3 nitrogen and oxygen atoms in total. The van der Waals surface area contributed by atoms with Gasteiger partial charge in [0.2, 0.25) is 0 Å². The van der Waals surface area contributed by atoms with Crippen LogP contribution in [0, 0.1) is 0 Å². The number of carbonyl (C=O) groups excluding carboxylic acids is 1. The molecule has 0 spiro atoms. The largest absolute Gasteiger partial charge is 0.462 e. The van der Waals surface area contributed by atoms with Gasteiger partial charge in [-0.3, -0.25) is 4.79 Å². The van der Waals surface area contributed by atoms with E-state index < -0.39 is 0 Å². The molecule has 0 saturated carbocycles. The highest BCUT2D eigenvalue weighted by molar-refractivity contribution is 5.69. The van der Waals surface area contributed by atoms with E-state index >= 15 is 0 Å². The number of hydrogen-bond donors (Lipinski definition) is 1. The molecule has 0 rings (SSSR count). The van der Waals surface area contributed by atoms with E-state index in [1.54, 1.807) is 0 Å². The third-order valence-corrected chi connectivity index (χ3v) is 3.64. The Morgan fingerprint density at radius 3 is 2.15 bits per heavy atom. The minimum atomic E-state index is -0.0671. The quantitative estimate of drug-likeness (QED) is 0.375. The molecule has 0 aromatic heterocycles. The predicted molar refractivity (Wildman–Crippen MR) is 85.7 cm³/mol. The van der Waals surface area contributed by atoms with E-state index in [9.17, 15) is 4.79 Å². The van der Waals surface area contributed by atoms with Crippen molar-refractivity contribution in [3.05, 3.63) is 0 Å². The summed E-state index contributed by atoms with van der Waals surface area (Å²) in [6.45, 7) is 4.98. The fourth-order valence-corrected chi connectivity index (χ4v) is 2.34. The summed E-state index contributed by atoms with van der Waals surface area (Å²) in [6.07, 6.45) is 13.4. The van der Waals surface area contributed by atoms with E-state index in [2.05, 4.69) is 13.8 Å². The molecule has 1 unspecified atom stereocenters. The van der Waals surface area contributed by atoms with Crippen molar-refractivity contribution in [2.45, 2.75) is 97.0 Å². The van der Waals surface area contributed by atoms with E-state index in [1.807, 2.05) is 0 Å². The highest BCUT2D eigenvalue weighted by Crippen LogP contribution is 2.15. The molecule has 0 amide bonds. The maximum atomic E-state index is 11.7. The second-order valence-electron chi connectivity index (χ2n) is 5.70. The summed E-state index contributed by atoms with van der Waals surface area (Å²) < 4.78 is 5.59. The Kier molecular flexibility index (Phi) is 14.4. The first kappa shape index (κ1) is 19.4. The van der Waals surface area contributed by atoms with E-state index in [-0.39, 0.29) is 12.1 Å². The monoisotopic (exact) mass is 285 g/mol. The number of nitrogens with two attached hydrogens (primary N) is 1. The molecule has 0 aliphatic heterocycles. The van der Waals surface area contributed by atoms with Crippen molar-refractivity contribution < 1.29 is 9.53 Å². The zero-order valence-corrected chi connectivity index (χ0v) is 13.7. The molecule has 1 atom stereocenters. The van der Waals surface area contributed by atoms with Gasteiger partial charge in [-0.1, -0.05) is 58.8 Å². The second-order valence-corrected chi connectivity index (χ2v) is 5.70. The number of unbranched alkanes of at least 4 members (excludes halogenated alkanes) is 6. The summed E-state index contributed by atoms with van der Waals surface area (Å²) in [5, 5.41) is 0. The zero-order valence-electron chi connectivity index (χ0n) is 13.7. The van der Waals surface area contributed by atoms with Gasteiger partial charge in [-0.2, -0.15) is 0 Å². The van der Waals surface area contributed by atoms with E-state index in [0.29, 0.717) is 13.0 Å². The highest BCUT2D eigenvalue weighted by Gasteiger charge is 2.13. The average Bonchev–Trinajstić information content (AvgIpc) is 2.45. The van der Waals surface area contributed by atoms with Crippen molar-refractivity contribution in [2.24, 2.45) is 5.73 Å². The molecule has 0 fully saturated rings. The van der Waals surface area contributed by atoms with Gasteiger partial charge < -0.3 is 10.5 Å². The summed E-state index contributed by atoms with van der Waals surface area (Å²) >= 11 is 0. The summed E-state index contributed by atoms with van der Waals surface area (Å²) in [5.41, 5.74) is 5.42. The topological polar surface area (TPSA) is 52.3 Å². The molecule has 0 aromatic carbocycles. The molecule has 0 radical (unpaired) electrons. The van der Waals surface area contributed by atoms with Gasteiger partial charge in [0, 0.05) is 6.42 Å². The molecule has 0 bridgehead atoms. The van der Waals surface area contributed by atoms with E-state index in [4.69, 9.17) is 10.5 Å². The van der Waals surface area contributed by atoms with Gasteiger partial charge in [0.15, 0.2) is 0 Å². The SMILES string of the molecule is CCCCCCCCC(CCCC)OC(=O)CCCN. The summed E-state index contributed by atoms with van der Waals surface area (Å²) in [7, 11) is 0. The van der Waals surface area contributed by atoms with Crippen molar-refractivity contribution in [1.82, 2.24) is 0 Å². The van der Waals surface area contributed by atoms with Crippen LogP contribution in [0.15, 0.2) is 0 Å². The normalized spacial score (nSPS) is 12.3. The maximum Gasteiger partial charge on any atom is 0.306 e. The Hall–Kier alpha value is -0.570. The van der Waals surface area contributed by atoms with E-state index in [0.717, 1.165) is 32.1 Å². The van der Waals surface area contributed by atoms with Crippen LogP contribution in [0.3, 0.4) is 0 Å². The van der Waals surface area contributed by atoms with E-state index in [1.165, 1.54) is 38.5 Å². The number of hydrogen-bond acceptors (Lipinski definition) is 3. The van der Waals surface area contributed by atoms with Crippen LogP contribution >= 0.6 is 0 Å². The molecular weight excluding hydrogens is 250 g/mol. The smallest absolute Gasteiger partial charge is 0.306 e. The summed E-state index contributed by atoms with van der Waals surface area (Å²) in [4.78, 5) is 11.7. The van der Waals surface area contributed by atoms with Gasteiger partial charge in [0.25, 0.3) is 0 Å². The van der Waals surface area contributed by atoms with Crippen molar-refractivity contribution in [3.8, 4) is 0 Å². The Balaban J connectivity index is 3.80. The predicted octanol–water partition coefficient (Wildman–Crippen LogP) is 4.58. The van der Waals surface area contributed by atoms with Crippen molar-refractivity contribution in [3.63, 3.8) is 0 Å². The first-order chi connectivity index (χ1) is 9.74. The molecule has 0 aromatic rings. The molecule has 0 aliphatic carbocycles. The average molecular weight is 285 g/mol. The van der Waals surface area contributed by atoms with Crippen LogP contribution in [0.4, 0.5) is 0 Å². The summed E-state index contributed by atoms with van der Waals surface area (Å²) in [6, 6.07) is 0. The second kappa shape index (κ2) is 14.8. The standard InChI is InChI=1S/C17H35NO2/c1-3-5-7-8-9-10-13-16(12-6-4-2)20-17(19)14-11-15-18/h16H,3-15,18H2,1-2H3. The molecule has 0 saturated heterocycles. The number of rotatable bonds is 14. The molecule has 0 heterocycles. The van der Waals surface area contributed by atoms with Gasteiger partial charge in [-0.15, -0.1) is 0 Å². The van der Waals surface area contributed by atoms with Crippen molar-refractivity contribution in [2.75, 3.05) is 6.54 Å². The highest BCUT2D eigenvalue weighted by atomic mass is 16.5. The zero-order chi connectivity index (χ0) is 15.1. The minimum Gasteiger partial charge on any atom is -0.462 e. The molecular formula is C17H35NO2. The van der Waals surface area contributed by atoms with Gasteiger partial charge in [-0.05, 0) is 32.2 Å². The number of ether oxygens (including phenoxy) is 1. The first-order valence-electron chi connectivity index (χ1n) is 8.64. The van der Waals surface area contributed by atoms with Crippen LogP contribution in [0.25, 0.3) is 0 Å². The fraction of sp³-hybridized carbons (Fsp3) is 0.941. The summed E-state index contributed by atoms with van der Waals surface area (Å²) in [5.74, 6) is -0.0671. The lowest BCUT2D eigenvalue weighted by atomic mass is 10.0. The Labute approximate surface area is 125 Å². The van der Waals surface area contributed by atoms with Crippen LogP contribution in [-0.4, -0.2) is 18.6 Å². The van der Waals surface area contributed by atoms with Crippen LogP contribution in [0.5, 0.6) is 0 Å². The van der Waals surface area contributed by atoms with Gasteiger partial charge >= 0.3 is 5.97 Å². The van der Waals surface area contributed by atoms with Crippen molar-refractivity contribution in [1.29, 1.82) is 0 Å². The molecule has 2 N–H and O–H groups in total. The fourth-order valence-electron chi connectivity index (χ4n) is 2.34. The van der Waals surface area contributed by atoms with Crippen LogP contribution in [0.1, 0.15) is 90.9 Å².